The van der Waals surface area contributed by atoms with Gasteiger partial charge < -0.3 is 15.8 Å². The second-order valence-corrected chi connectivity index (χ2v) is 3.46. The molecule has 0 radical (unpaired) electrons. The lowest BCUT2D eigenvalue weighted by atomic mass is 10.2. The summed E-state index contributed by atoms with van der Waals surface area (Å²) in [4.78, 5) is 11.5. The molecule has 0 saturated heterocycles. The van der Waals surface area contributed by atoms with Crippen LogP contribution in [0.4, 0.5) is 5.69 Å². The Morgan fingerprint density at radius 3 is 2.50 bits per heavy atom. The van der Waals surface area contributed by atoms with Crippen LogP contribution >= 0.6 is 0 Å². The lowest BCUT2D eigenvalue weighted by molar-refractivity contribution is -0.117. The summed E-state index contributed by atoms with van der Waals surface area (Å²) in [7, 11) is 0. The van der Waals surface area contributed by atoms with E-state index in [4.69, 9.17) is 10.5 Å². The van der Waals surface area contributed by atoms with Crippen molar-refractivity contribution in [1.82, 2.24) is 0 Å². The number of hydrogen-bond acceptors (Lipinski definition) is 3. The van der Waals surface area contributed by atoms with Crippen molar-refractivity contribution in [2.75, 3.05) is 11.9 Å². The van der Waals surface area contributed by atoms with Crippen LogP contribution in [0.3, 0.4) is 0 Å². The van der Waals surface area contributed by atoms with Gasteiger partial charge in [-0.1, -0.05) is 6.92 Å². The number of anilines is 1. The molecule has 1 atom stereocenters. The summed E-state index contributed by atoms with van der Waals surface area (Å²) in [5, 5.41) is 2.74. The number of amides is 1. The van der Waals surface area contributed by atoms with Crippen molar-refractivity contribution < 1.29 is 9.53 Å². The van der Waals surface area contributed by atoms with Crippen molar-refractivity contribution in [3.63, 3.8) is 0 Å². The Kier molecular flexibility index (Phi) is 4.79. The highest BCUT2D eigenvalue weighted by molar-refractivity contribution is 5.94. The Morgan fingerprint density at radius 1 is 1.38 bits per heavy atom. The average molecular weight is 222 g/mol. The quantitative estimate of drug-likeness (QED) is 0.798. The van der Waals surface area contributed by atoms with Crippen molar-refractivity contribution in [1.29, 1.82) is 0 Å². The van der Waals surface area contributed by atoms with Gasteiger partial charge in [-0.2, -0.15) is 0 Å². The number of nitrogens with two attached hydrogens (primary N) is 1. The highest BCUT2D eigenvalue weighted by atomic mass is 16.5. The predicted octanol–water partition coefficient (Wildman–Crippen LogP) is 1.76. The number of hydrogen-bond donors (Lipinski definition) is 2. The molecule has 1 aromatic carbocycles. The summed E-state index contributed by atoms with van der Waals surface area (Å²) in [5.41, 5.74) is 6.34. The zero-order valence-corrected chi connectivity index (χ0v) is 9.69. The summed E-state index contributed by atoms with van der Waals surface area (Å²) in [6, 6.07) is 6.77. The van der Waals surface area contributed by atoms with Crippen LogP contribution < -0.4 is 15.8 Å². The minimum Gasteiger partial charge on any atom is -0.494 e. The van der Waals surface area contributed by atoms with Gasteiger partial charge in [0.25, 0.3) is 0 Å². The number of nitrogens with one attached hydrogen (secondary N) is 1. The smallest absolute Gasteiger partial charge is 0.241 e. The molecule has 4 nitrogen and oxygen atoms in total. The molecule has 1 rings (SSSR count). The van der Waals surface area contributed by atoms with E-state index in [1.807, 2.05) is 26.0 Å². The third-order valence-corrected chi connectivity index (χ3v) is 2.21. The van der Waals surface area contributed by atoms with E-state index in [9.17, 15) is 4.79 Å². The largest absolute Gasteiger partial charge is 0.494 e. The van der Waals surface area contributed by atoms with Gasteiger partial charge in [-0.15, -0.1) is 0 Å². The summed E-state index contributed by atoms with van der Waals surface area (Å²) in [6.45, 7) is 4.44. The lowest BCUT2D eigenvalue weighted by Gasteiger charge is -2.10. The second kappa shape index (κ2) is 6.12. The van der Waals surface area contributed by atoms with Crippen LogP contribution in [-0.2, 0) is 4.79 Å². The number of ether oxygens (including phenoxy) is 1. The maximum Gasteiger partial charge on any atom is 0.241 e. The van der Waals surface area contributed by atoms with E-state index in [-0.39, 0.29) is 5.91 Å². The SMILES string of the molecule is CCOc1ccc(NC(=O)[C@@H](N)CC)cc1. The molecule has 4 heteroatoms. The van der Waals surface area contributed by atoms with Crippen molar-refractivity contribution in [3.05, 3.63) is 24.3 Å². The fourth-order valence-electron chi connectivity index (χ4n) is 1.22. The van der Waals surface area contributed by atoms with Gasteiger partial charge in [0.15, 0.2) is 0 Å². The van der Waals surface area contributed by atoms with E-state index in [1.54, 1.807) is 12.1 Å². The van der Waals surface area contributed by atoms with Crippen LogP contribution in [0, 0.1) is 0 Å². The van der Waals surface area contributed by atoms with Gasteiger partial charge in [-0.3, -0.25) is 4.79 Å². The molecule has 1 aromatic rings. The maximum absolute atomic E-state index is 11.5. The molecule has 0 heterocycles. The molecule has 1 amide bonds. The Bertz CT molecular complexity index is 335. The Hall–Kier alpha value is -1.55. The molecule has 88 valence electrons. The number of benzene rings is 1. The molecule has 0 aliphatic heterocycles. The van der Waals surface area contributed by atoms with Crippen molar-refractivity contribution in [2.24, 2.45) is 5.73 Å². The van der Waals surface area contributed by atoms with E-state index in [0.717, 1.165) is 11.4 Å². The lowest BCUT2D eigenvalue weighted by Crippen LogP contribution is -2.34. The molecule has 16 heavy (non-hydrogen) atoms. The van der Waals surface area contributed by atoms with E-state index in [2.05, 4.69) is 5.32 Å². The van der Waals surface area contributed by atoms with Gasteiger partial charge >= 0.3 is 0 Å². The van der Waals surface area contributed by atoms with Gasteiger partial charge in [-0.25, -0.2) is 0 Å². The average Bonchev–Trinajstić information content (AvgIpc) is 2.31. The fourth-order valence-corrected chi connectivity index (χ4v) is 1.22. The van der Waals surface area contributed by atoms with E-state index in [1.165, 1.54) is 0 Å². The summed E-state index contributed by atoms with van der Waals surface area (Å²) in [6.07, 6.45) is 0.628. The Morgan fingerprint density at radius 2 is 2.00 bits per heavy atom. The number of rotatable bonds is 5. The fraction of sp³-hybridized carbons (Fsp3) is 0.417. The van der Waals surface area contributed by atoms with Crippen LogP contribution in [0.5, 0.6) is 5.75 Å². The van der Waals surface area contributed by atoms with Crippen molar-refractivity contribution >= 4 is 11.6 Å². The first-order valence-electron chi connectivity index (χ1n) is 5.46. The zero-order valence-electron chi connectivity index (χ0n) is 9.69. The third-order valence-electron chi connectivity index (χ3n) is 2.21. The Balaban J connectivity index is 2.58. The van der Waals surface area contributed by atoms with Gasteiger partial charge in [-0.05, 0) is 37.6 Å². The van der Waals surface area contributed by atoms with E-state index in [0.29, 0.717) is 13.0 Å². The number of carbonyl (C=O) groups excluding carboxylic acids is 1. The van der Waals surface area contributed by atoms with Crippen LogP contribution in [0.25, 0.3) is 0 Å². The third kappa shape index (κ3) is 3.55. The molecule has 0 fully saturated rings. The second-order valence-electron chi connectivity index (χ2n) is 3.46. The zero-order chi connectivity index (χ0) is 12.0. The maximum atomic E-state index is 11.5. The molecule has 0 aliphatic carbocycles. The topological polar surface area (TPSA) is 64.3 Å². The van der Waals surface area contributed by atoms with E-state index >= 15 is 0 Å². The summed E-state index contributed by atoms with van der Waals surface area (Å²) >= 11 is 0. The van der Waals surface area contributed by atoms with Gasteiger partial charge in [0.05, 0.1) is 12.6 Å². The first-order valence-corrected chi connectivity index (χ1v) is 5.46. The Labute approximate surface area is 95.8 Å². The van der Waals surface area contributed by atoms with Crippen molar-refractivity contribution in [3.8, 4) is 5.75 Å². The molecule has 0 saturated carbocycles. The first-order chi connectivity index (χ1) is 7.67. The molecule has 0 aromatic heterocycles. The molecule has 0 bridgehead atoms. The van der Waals surface area contributed by atoms with E-state index < -0.39 is 6.04 Å². The number of carbonyl (C=O) groups is 1. The highest BCUT2D eigenvalue weighted by Gasteiger charge is 2.10. The summed E-state index contributed by atoms with van der Waals surface area (Å²) < 4.78 is 5.30. The van der Waals surface area contributed by atoms with Crippen molar-refractivity contribution in [2.45, 2.75) is 26.3 Å². The van der Waals surface area contributed by atoms with Crippen LogP contribution in [0.2, 0.25) is 0 Å². The monoisotopic (exact) mass is 222 g/mol. The molecule has 0 unspecified atom stereocenters. The first kappa shape index (κ1) is 12.5. The standard InChI is InChI=1S/C12H18N2O2/c1-3-11(13)12(15)14-9-5-7-10(8-6-9)16-4-2/h5-8,11H,3-4,13H2,1-2H3,(H,14,15)/t11-/m0/s1. The molecular formula is C12H18N2O2. The summed E-state index contributed by atoms with van der Waals surface area (Å²) in [5.74, 6) is 0.631. The van der Waals surface area contributed by atoms with Gasteiger partial charge in [0.2, 0.25) is 5.91 Å². The van der Waals surface area contributed by atoms with Crippen LogP contribution in [0.15, 0.2) is 24.3 Å². The van der Waals surface area contributed by atoms with Gasteiger partial charge in [0.1, 0.15) is 5.75 Å². The molecule has 0 spiro atoms. The minimum absolute atomic E-state index is 0.161. The normalized spacial score (nSPS) is 11.9. The highest BCUT2D eigenvalue weighted by Crippen LogP contribution is 2.15. The minimum atomic E-state index is -0.452. The van der Waals surface area contributed by atoms with Gasteiger partial charge in [0, 0.05) is 5.69 Å². The molecule has 0 aliphatic rings. The molecule has 3 N–H and O–H groups in total. The van der Waals surface area contributed by atoms with Crippen LogP contribution in [0.1, 0.15) is 20.3 Å². The predicted molar refractivity (Wildman–Crippen MR) is 64.5 cm³/mol. The van der Waals surface area contributed by atoms with Crippen LogP contribution in [-0.4, -0.2) is 18.6 Å². The molecular weight excluding hydrogens is 204 g/mol.